The van der Waals surface area contributed by atoms with Gasteiger partial charge in [-0.15, -0.1) is 0 Å². The van der Waals surface area contributed by atoms with Gasteiger partial charge in [0.2, 0.25) is 0 Å². The highest BCUT2D eigenvalue weighted by Gasteiger charge is 2.07. The van der Waals surface area contributed by atoms with Crippen molar-refractivity contribution in [2.24, 2.45) is 0 Å². The summed E-state index contributed by atoms with van der Waals surface area (Å²) in [6.07, 6.45) is 2.94. The minimum absolute atomic E-state index is 0.246. The maximum absolute atomic E-state index is 11.4. The highest BCUT2D eigenvalue weighted by atomic mass is 35.5. The third-order valence-electron chi connectivity index (χ3n) is 2.51. The third-order valence-corrected chi connectivity index (χ3v) is 2.75. The second-order valence-corrected chi connectivity index (χ2v) is 4.01. The van der Waals surface area contributed by atoms with Crippen LogP contribution in [0.1, 0.15) is 18.9 Å². The normalized spacial score (nSPS) is 10.8. The first-order valence-corrected chi connectivity index (χ1v) is 5.35. The first kappa shape index (κ1) is 10.2. The van der Waals surface area contributed by atoms with E-state index in [1.54, 1.807) is 0 Å². The molecule has 0 radical (unpaired) electrons. The van der Waals surface area contributed by atoms with Gasteiger partial charge in [0, 0.05) is 35.0 Å². The molecule has 0 spiro atoms. The van der Waals surface area contributed by atoms with E-state index in [1.807, 2.05) is 31.3 Å². The van der Waals surface area contributed by atoms with Crippen LogP contribution in [-0.4, -0.2) is 10.8 Å². The fourth-order valence-electron chi connectivity index (χ4n) is 1.63. The number of benzene rings is 1. The highest BCUT2D eigenvalue weighted by Crippen LogP contribution is 2.22. The summed E-state index contributed by atoms with van der Waals surface area (Å²) in [5.41, 5.74) is 2.05. The maximum atomic E-state index is 11.4. The average Bonchev–Trinajstić information content (AvgIpc) is 2.61. The fraction of sp³-hybridized carbons (Fsp3) is 0.250. The van der Waals surface area contributed by atoms with Crippen LogP contribution in [0.3, 0.4) is 0 Å². The number of nitrogens with one attached hydrogen (secondary N) is 1. The number of hydrogen-bond acceptors (Lipinski definition) is 1. The predicted molar refractivity (Wildman–Crippen MR) is 62.3 cm³/mol. The second kappa shape index (κ2) is 4.07. The van der Waals surface area contributed by atoms with Crippen molar-refractivity contribution in [1.82, 2.24) is 4.98 Å². The molecule has 0 fully saturated rings. The molecule has 0 aliphatic rings. The van der Waals surface area contributed by atoms with Crippen LogP contribution in [0.15, 0.2) is 24.4 Å². The number of aromatic amines is 1. The molecule has 0 saturated heterocycles. The van der Waals surface area contributed by atoms with E-state index in [0.717, 1.165) is 16.5 Å². The van der Waals surface area contributed by atoms with Crippen molar-refractivity contribution < 1.29 is 4.79 Å². The van der Waals surface area contributed by atoms with Crippen LogP contribution >= 0.6 is 11.6 Å². The fourth-order valence-corrected chi connectivity index (χ4v) is 1.81. The van der Waals surface area contributed by atoms with E-state index in [1.165, 1.54) is 0 Å². The zero-order chi connectivity index (χ0) is 10.8. The molecule has 1 heterocycles. The van der Waals surface area contributed by atoms with Crippen LogP contribution in [0.2, 0.25) is 5.02 Å². The molecular formula is C12H12ClNO. The maximum Gasteiger partial charge on any atom is 0.137 e. The van der Waals surface area contributed by atoms with E-state index >= 15 is 0 Å². The van der Waals surface area contributed by atoms with Crippen molar-refractivity contribution >= 4 is 28.3 Å². The van der Waals surface area contributed by atoms with Gasteiger partial charge in [-0.2, -0.15) is 0 Å². The average molecular weight is 222 g/mol. The van der Waals surface area contributed by atoms with Gasteiger partial charge in [0.25, 0.3) is 0 Å². The van der Waals surface area contributed by atoms with Crippen molar-refractivity contribution in [3.63, 3.8) is 0 Å². The van der Waals surface area contributed by atoms with E-state index < -0.39 is 0 Å². The molecular weight excluding hydrogens is 210 g/mol. The number of Topliss-reactive ketones (excluding diaryl/α,β-unsaturated/α-hetero) is 1. The molecule has 15 heavy (non-hydrogen) atoms. The first-order valence-electron chi connectivity index (χ1n) is 4.98. The monoisotopic (exact) mass is 221 g/mol. The van der Waals surface area contributed by atoms with Crippen LogP contribution < -0.4 is 0 Å². The molecule has 1 aromatic carbocycles. The molecule has 0 atom stereocenters. The van der Waals surface area contributed by atoms with E-state index in [-0.39, 0.29) is 5.78 Å². The van der Waals surface area contributed by atoms with Crippen LogP contribution in [0.5, 0.6) is 0 Å². The Kier molecular flexibility index (Phi) is 2.78. The summed E-state index contributed by atoms with van der Waals surface area (Å²) in [5, 5.41) is 1.75. The Balaban J connectivity index is 2.43. The molecule has 0 saturated carbocycles. The van der Waals surface area contributed by atoms with Crippen LogP contribution in [0.25, 0.3) is 10.9 Å². The minimum Gasteiger partial charge on any atom is -0.361 e. The summed E-state index contributed by atoms with van der Waals surface area (Å²) in [7, 11) is 0. The molecule has 2 nitrogen and oxygen atoms in total. The van der Waals surface area contributed by atoms with Gasteiger partial charge >= 0.3 is 0 Å². The number of rotatable bonds is 3. The van der Waals surface area contributed by atoms with Crippen molar-refractivity contribution in [3.05, 3.63) is 35.0 Å². The van der Waals surface area contributed by atoms with E-state index in [2.05, 4.69) is 4.98 Å². The Bertz CT molecular complexity index is 501. The number of ketones is 1. The molecule has 0 bridgehead atoms. The largest absolute Gasteiger partial charge is 0.361 e. The summed E-state index contributed by atoms with van der Waals surface area (Å²) in [6, 6.07) is 5.66. The van der Waals surface area contributed by atoms with Gasteiger partial charge in [-0.25, -0.2) is 0 Å². The number of carbonyl (C=O) groups excluding carboxylic acids is 1. The summed E-state index contributed by atoms with van der Waals surface area (Å²) >= 11 is 5.92. The molecule has 0 amide bonds. The zero-order valence-electron chi connectivity index (χ0n) is 8.51. The van der Waals surface area contributed by atoms with Crippen molar-refractivity contribution in [3.8, 4) is 0 Å². The molecule has 78 valence electrons. The number of fused-ring (bicyclic) bond motifs is 1. The van der Waals surface area contributed by atoms with Gasteiger partial charge in [0.15, 0.2) is 0 Å². The van der Waals surface area contributed by atoms with Crippen molar-refractivity contribution in [1.29, 1.82) is 0 Å². The number of aromatic nitrogens is 1. The topological polar surface area (TPSA) is 32.9 Å². The van der Waals surface area contributed by atoms with E-state index in [9.17, 15) is 4.79 Å². The molecule has 0 aliphatic carbocycles. The lowest BCUT2D eigenvalue weighted by Crippen LogP contribution is -1.99. The lowest BCUT2D eigenvalue weighted by Gasteiger charge is -1.97. The number of halogens is 1. The number of carbonyl (C=O) groups is 1. The Labute approximate surface area is 93.2 Å². The molecule has 2 rings (SSSR count). The molecule has 1 aromatic heterocycles. The van der Waals surface area contributed by atoms with Crippen molar-refractivity contribution in [2.75, 3.05) is 0 Å². The lowest BCUT2D eigenvalue weighted by atomic mass is 10.1. The Morgan fingerprint density at radius 1 is 1.47 bits per heavy atom. The molecule has 0 aliphatic heterocycles. The predicted octanol–water partition coefficient (Wildman–Crippen LogP) is 3.34. The van der Waals surface area contributed by atoms with Crippen molar-refractivity contribution in [2.45, 2.75) is 19.8 Å². The van der Waals surface area contributed by atoms with Gasteiger partial charge in [0.1, 0.15) is 5.78 Å². The van der Waals surface area contributed by atoms with E-state index in [4.69, 9.17) is 11.6 Å². The van der Waals surface area contributed by atoms with Crippen LogP contribution in [0, 0.1) is 0 Å². The summed E-state index contributed by atoms with van der Waals surface area (Å²) in [6.45, 7) is 1.88. The quantitative estimate of drug-likeness (QED) is 0.847. The summed E-state index contributed by atoms with van der Waals surface area (Å²) < 4.78 is 0. The second-order valence-electron chi connectivity index (χ2n) is 3.57. The number of hydrogen-bond donors (Lipinski definition) is 1. The molecule has 3 heteroatoms. The van der Waals surface area contributed by atoms with Gasteiger partial charge in [-0.05, 0) is 23.8 Å². The highest BCUT2D eigenvalue weighted by molar-refractivity contribution is 6.31. The number of H-pyrrole nitrogens is 1. The molecule has 1 N–H and O–H groups in total. The standard InChI is InChI=1S/C12H12ClNO/c1-2-10(15)5-8-7-14-12-4-3-9(13)6-11(8)12/h3-4,6-7,14H,2,5H2,1H3. The SMILES string of the molecule is CCC(=O)Cc1c[nH]c2ccc(Cl)cc12. The van der Waals surface area contributed by atoms with E-state index in [0.29, 0.717) is 17.9 Å². The minimum atomic E-state index is 0.246. The Morgan fingerprint density at radius 2 is 2.27 bits per heavy atom. The Hall–Kier alpha value is -1.28. The zero-order valence-corrected chi connectivity index (χ0v) is 9.27. The van der Waals surface area contributed by atoms with Gasteiger partial charge < -0.3 is 4.98 Å². The van der Waals surface area contributed by atoms with Crippen LogP contribution in [-0.2, 0) is 11.2 Å². The summed E-state index contributed by atoms with van der Waals surface area (Å²) in [5.74, 6) is 0.246. The molecule has 2 aromatic rings. The molecule has 0 unspecified atom stereocenters. The van der Waals surface area contributed by atoms with Gasteiger partial charge in [0.05, 0.1) is 0 Å². The smallest absolute Gasteiger partial charge is 0.137 e. The van der Waals surface area contributed by atoms with Crippen LogP contribution in [0.4, 0.5) is 0 Å². The van der Waals surface area contributed by atoms with Gasteiger partial charge in [-0.1, -0.05) is 18.5 Å². The first-order chi connectivity index (χ1) is 7.20. The lowest BCUT2D eigenvalue weighted by molar-refractivity contribution is -0.118. The Morgan fingerprint density at radius 3 is 3.00 bits per heavy atom. The van der Waals surface area contributed by atoms with Gasteiger partial charge in [-0.3, -0.25) is 4.79 Å². The third kappa shape index (κ3) is 2.05. The summed E-state index contributed by atoms with van der Waals surface area (Å²) in [4.78, 5) is 14.5.